The smallest absolute Gasteiger partial charge is 0.374 e. The Hall–Kier alpha value is -2.03. The van der Waals surface area contributed by atoms with Gasteiger partial charge in [-0.3, -0.25) is 4.79 Å². The van der Waals surface area contributed by atoms with Crippen molar-refractivity contribution in [2.75, 3.05) is 0 Å². The SMILES string of the molecule is O=C(CC1CC1)NCc1cc(C2=NOC(c3cc(Cl)c(Cl)c(Cl)c3)(C(F)(F)F)C2)ccc1F. The maximum Gasteiger partial charge on any atom is 0.435 e. The number of carbonyl (C=O) groups is 1. The lowest BCUT2D eigenvalue weighted by molar-refractivity contribution is -0.275. The van der Waals surface area contributed by atoms with Crippen LogP contribution in [0.1, 0.15) is 42.4 Å². The molecule has 1 saturated carbocycles. The molecule has 1 amide bonds. The van der Waals surface area contributed by atoms with E-state index in [0.717, 1.165) is 31.0 Å². The van der Waals surface area contributed by atoms with Gasteiger partial charge >= 0.3 is 6.18 Å². The van der Waals surface area contributed by atoms with Gasteiger partial charge in [-0.25, -0.2) is 4.39 Å². The number of rotatable bonds is 6. The molecule has 1 aliphatic heterocycles. The molecular weight excluding hydrogens is 507 g/mol. The van der Waals surface area contributed by atoms with E-state index in [4.69, 9.17) is 39.6 Å². The summed E-state index contributed by atoms with van der Waals surface area (Å²) in [5.74, 6) is -0.420. The summed E-state index contributed by atoms with van der Waals surface area (Å²) in [7, 11) is 0. The van der Waals surface area contributed by atoms with Gasteiger partial charge in [0.15, 0.2) is 0 Å². The molecular formula is C22H17Cl3F4N2O2. The van der Waals surface area contributed by atoms with Gasteiger partial charge in [0.2, 0.25) is 5.91 Å². The van der Waals surface area contributed by atoms with Crippen molar-refractivity contribution in [2.24, 2.45) is 11.1 Å². The van der Waals surface area contributed by atoms with Crippen molar-refractivity contribution in [3.05, 3.63) is 67.9 Å². The van der Waals surface area contributed by atoms with E-state index in [1.54, 1.807) is 0 Å². The number of oxime groups is 1. The summed E-state index contributed by atoms with van der Waals surface area (Å²) in [6.45, 7) is -0.0911. The van der Waals surface area contributed by atoms with Gasteiger partial charge in [0, 0.05) is 36.1 Å². The van der Waals surface area contributed by atoms with Crippen LogP contribution in [0.3, 0.4) is 0 Å². The first-order valence-electron chi connectivity index (χ1n) is 10.0. The Morgan fingerprint density at radius 3 is 2.42 bits per heavy atom. The second-order valence-electron chi connectivity index (χ2n) is 8.12. The van der Waals surface area contributed by atoms with Crippen molar-refractivity contribution in [3.8, 4) is 0 Å². The average Bonchev–Trinajstić information content (AvgIpc) is 3.43. The third-order valence-corrected chi connectivity index (χ3v) is 6.86. The molecule has 2 aromatic carbocycles. The molecule has 0 spiro atoms. The second-order valence-corrected chi connectivity index (χ2v) is 9.31. The normalized spacial score (nSPS) is 20.4. The van der Waals surface area contributed by atoms with Crippen molar-refractivity contribution in [1.82, 2.24) is 5.32 Å². The summed E-state index contributed by atoms with van der Waals surface area (Å²) in [5, 5.41) is 5.91. The van der Waals surface area contributed by atoms with Crippen LogP contribution in [-0.4, -0.2) is 17.8 Å². The van der Waals surface area contributed by atoms with E-state index in [1.165, 1.54) is 12.1 Å². The van der Waals surface area contributed by atoms with E-state index in [1.807, 2.05) is 0 Å². The molecule has 1 unspecified atom stereocenters. The van der Waals surface area contributed by atoms with Gasteiger partial charge in [-0.1, -0.05) is 46.0 Å². The van der Waals surface area contributed by atoms with E-state index >= 15 is 0 Å². The van der Waals surface area contributed by atoms with E-state index < -0.39 is 24.0 Å². The molecule has 1 aliphatic carbocycles. The number of hydrogen-bond acceptors (Lipinski definition) is 3. The Morgan fingerprint density at radius 2 is 1.82 bits per heavy atom. The minimum absolute atomic E-state index is 0.0416. The van der Waals surface area contributed by atoms with Crippen LogP contribution in [0, 0.1) is 11.7 Å². The number of nitrogens with zero attached hydrogens (tertiary/aromatic N) is 1. The Labute approximate surface area is 201 Å². The zero-order valence-electron chi connectivity index (χ0n) is 16.9. The van der Waals surface area contributed by atoms with Crippen LogP contribution in [0.25, 0.3) is 0 Å². The molecule has 1 atom stereocenters. The number of halogens is 7. The fourth-order valence-corrected chi connectivity index (χ4v) is 4.18. The monoisotopic (exact) mass is 522 g/mol. The number of amides is 1. The molecule has 4 nitrogen and oxygen atoms in total. The van der Waals surface area contributed by atoms with Crippen molar-refractivity contribution in [2.45, 2.75) is 44.0 Å². The van der Waals surface area contributed by atoms with Crippen LogP contribution in [0.15, 0.2) is 35.5 Å². The van der Waals surface area contributed by atoms with Crippen molar-refractivity contribution >= 4 is 46.4 Å². The Balaban J connectivity index is 1.58. The van der Waals surface area contributed by atoms with Gasteiger partial charge in [-0.15, -0.1) is 0 Å². The first-order valence-corrected chi connectivity index (χ1v) is 11.2. The van der Waals surface area contributed by atoms with Gasteiger partial charge in [0.25, 0.3) is 5.60 Å². The van der Waals surface area contributed by atoms with Crippen LogP contribution in [-0.2, 0) is 21.8 Å². The predicted molar refractivity (Wildman–Crippen MR) is 117 cm³/mol. The first kappa shape index (κ1) is 24.1. The Morgan fingerprint density at radius 1 is 1.15 bits per heavy atom. The van der Waals surface area contributed by atoms with Gasteiger partial charge in [-0.05, 0) is 43.0 Å². The fourth-order valence-electron chi connectivity index (χ4n) is 3.59. The number of carbonyl (C=O) groups excluding carboxylic acids is 1. The summed E-state index contributed by atoms with van der Waals surface area (Å²) >= 11 is 17.8. The molecule has 11 heteroatoms. The lowest BCUT2D eigenvalue weighted by atomic mass is 9.86. The average molecular weight is 524 g/mol. The summed E-state index contributed by atoms with van der Waals surface area (Å²) < 4.78 is 56.8. The Bertz CT molecular complexity index is 1110. The molecule has 0 aromatic heterocycles. The third kappa shape index (κ3) is 4.93. The largest absolute Gasteiger partial charge is 0.435 e. The number of benzene rings is 2. The van der Waals surface area contributed by atoms with Gasteiger partial charge in [0.05, 0.1) is 20.8 Å². The van der Waals surface area contributed by atoms with E-state index in [-0.39, 0.29) is 49.9 Å². The molecule has 2 aliphatic rings. The van der Waals surface area contributed by atoms with Crippen LogP contribution in [0.2, 0.25) is 15.1 Å². The number of nitrogens with one attached hydrogen (secondary N) is 1. The van der Waals surface area contributed by atoms with Crippen LogP contribution >= 0.6 is 34.8 Å². The number of hydrogen-bond donors (Lipinski definition) is 1. The zero-order chi connectivity index (χ0) is 24.0. The molecule has 1 heterocycles. The van der Waals surface area contributed by atoms with Gasteiger partial charge < -0.3 is 10.2 Å². The molecule has 0 saturated heterocycles. The highest BCUT2D eigenvalue weighted by atomic mass is 35.5. The summed E-state index contributed by atoms with van der Waals surface area (Å²) in [5.41, 5.74) is -2.88. The fraction of sp³-hybridized carbons (Fsp3) is 0.364. The molecule has 0 bridgehead atoms. The summed E-state index contributed by atoms with van der Waals surface area (Å²) in [4.78, 5) is 16.9. The molecule has 0 radical (unpaired) electrons. The van der Waals surface area contributed by atoms with Crippen molar-refractivity contribution in [3.63, 3.8) is 0 Å². The quantitative estimate of drug-likeness (QED) is 0.335. The van der Waals surface area contributed by atoms with Crippen LogP contribution in [0.5, 0.6) is 0 Å². The molecule has 4 rings (SSSR count). The molecule has 33 heavy (non-hydrogen) atoms. The topological polar surface area (TPSA) is 50.7 Å². The first-order chi connectivity index (χ1) is 15.5. The number of alkyl halides is 3. The lowest BCUT2D eigenvalue weighted by Crippen LogP contribution is -2.42. The zero-order valence-corrected chi connectivity index (χ0v) is 19.2. The highest BCUT2D eigenvalue weighted by Gasteiger charge is 2.62. The van der Waals surface area contributed by atoms with Crippen molar-refractivity contribution in [1.29, 1.82) is 0 Å². The summed E-state index contributed by atoms with van der Waals surface area (Å²) in [6, 6.07) is 5.84. The molecule has 176 valence electrons. The second kappa shape index (κ2) is 8.96. The van der Waals surface area contributed by atoms with Crippen molar-refractivity contribution < 1.29 is 27.2 Å². The minimum atomic E-state index is -4.88. The molecule has 1 N–H and O–H groups in total. The van der Waals surface area contributed by atoms with Gasteiger partial charge in [-0.2, -0.15) is 13.2 Å². The van der Waals surface area contributed by atoms with Gasteiger partial charge in [0.1, 0.15) is 5.82 Å². The molecule has 2 aromatic rings. The maximum absolute atomic E-state index is 14.3. The van der Waals surface area contributed by atoms with Crippen LogP contribution in [0.4, 0.5) is 17.6 Å². The van der Waals surface area contributed by atoms with E-state index in [0.29, 0.717) is 12.3 Å². The maximum atomic E-state index is 14.3. The van der Waals surface area contributed by atoms with E-state index in [9.17, 15) is 22.4 Å². The Kier molecular flexibility index (Phi) is 6.55. The highest BCUT2D eigenvalue weighted by molar-refractivity contribution is 6.48. The third-order valence-electron chi connectivity index (χ3n) is 5.66. The standard InChI is InChI=1S/C22H17Cl3F4N2O2/c23-15-7-14(8-16(24)20(15)25)21(22(27,28)29)9-18(31-33-21)12-3-4-17(26)13(6-12)10-30-19(32)5-11-1-2-11/h3-4,6-8,11H,1-2,5,9-10H2,(H,30,32). The lowest BCUT2D eigenvalue weighted by Gasteiger charge is -2.30. The predicted octanol–water partition coefficient (Wildman–Crippen LogP) is 6.78. The van der Waals surface area contributed by atoms with E-state index in [2.05, 4.69) is 10.5 Å². The summed E-state index contributed by atoms with van der Waals surface area (Å²) in [6.07, 6.45) is -3.19. The highest BCUT2D eigenvalue weighted by Crippen LogP contribution is 2.50. The van der Waals surface area contributed by atoms with Crippen LogP contribution < -0.4 is 5.32 Å². The molecule has 1 fully saturated rings. The minimum Gasteiger partial charge on any atom is -0.374 e.